The number of aryl methyl sites for hydroxylation is 1. The van der Waals surface area contributed by atoms with E-state index in [9.17, 15) is 8.78 Å². The molecule has 3 aromatic rings. The maximum absolute atomic E-state index is 12.1. The van der Waals surface area contributed by atoms with Gasteiger partial charge in [0.05, 0.1) is 11.4 Å². The van der Waals surface area contributed by atoms with Gasteiger partial charge in [0.1, 0.15) is 12.1 Å². The van der Waals surface area contributed by atoms with E-state index in [-0.39, 0.29) is 5.75 Å². The Labute approximate surface area is 131 Å². The standard InChI is InChI=1S/C15H15F2N5O/c1-9-10(2)21-22-8-19-20-14(22)13(9)18-7-11-3-5-12(6-4-11)23-15(16)17/h3-6,8,15,18H,7H2,1-2H3. The molecule has 23 heavy (non-hydrogen) atoms. The number of aromatic nitrogens is 4. The summed E-state index contributed by atoms with van der Waals surface area (Å²) in [6, 6.07) is 6.49. The third kappa shape index (κ3) is 3.20. The second kappa shape index (κ2) is 6.15. The highest BCUT2D eigenvalue weighted by Crippen LogP contribution is 2.22. The van der Waals surface area contributed by atoms with Gasteiger partial charge in [0.15, 0.2) is 0 Å². The lowest BCUT2D eigenvalue weighted by Crippen LogP contribution is -2.07. The molecule has 0 atom stereocenters. The van der Waals surface area contributed by atoms with Gasteiger partial charge >= 0.3 is 6.61 Å². The van der Waals surface area contributed by atoms with Crippen LogP contribution in [0.5, 0.6) is 5.75 Å². The van der Waals surface area contributed by atoms with Gasteiger partial charge in [0, 0.05) is 6.54 Å². The number of anilines is 1. The summed E-state index contributed by atoms with van der Waals surface area (Å²) in [6.07, 6.45) is 1.55. The zero-order valence-electron chi connectivity index (χ0n) is 12.6. The number of hydrogen-bond acceptors (Lipinski definition) is 5. The maximum atomic E-state index is 12.1. The minimum Gasteiger partial charge on any atom is -0.435 e. The van der Waals surface area contributed by atoms with Crippen LogP contribution >= 0.6 is 0 Å². The van der Waals surface area contributed by atoms with Crippen LogP contribution in [0.15, 0.2) is 30.6 Å². The number of ether oxygens (including phenoxy) is 1. The van der Waals surface area contributed by atoms with Crippen molar-refractivity contribution in [2.24, 2.45) is 0 Å². The highest BCUT2D eigenvalue weighted by molar-refractivity contribution is 5.71. The lowest BCUT2D eigenvalue weighted by atomic mass is 10.2. The molecule has 1 aromatic carbocycles. The molecule has 0 saturated heterocycles. The quantitative estimate of drug-likeness (QED) is 0.783. The predicted octanol–water partition coefficient (Wildman–Crippen LogP) is 2.95. The van der Waals surface area contributed by atoms with Crippen molar-refractivity contribution >= 4 is 11.3 Å². The Bertz CT molecular complexity index is 817. The topological polar surface area (TPSA) is 64.3 Å². The fourth-order valence-electron chi connectivity index (χ4n) is 2.24. The fourth-order valence-corrected chi connectivity index (χ4v) is 2.24. The van der Waals surface area contributed by atoms with Gasteiger partial charge in [-0.2, -0.15) is 18.4 Å². The number of nitrogens with one attached hydrogen (secondary N) is 1. The summed E-state index contributed by atoms with van der Waals surface area (Å²) >= 11 is 0. The number of hydrogen-bond donors (Lipinski definition) is 1. The van der Waals surface area contributed by atoms with E-state index >= 15 is 0 Å². The first-order chi connectivity index (χ1) is 11.0. The van der Waals surface area contributed by atoms with E-state index in [4.69, 9.17) is 0 Å². The number of alkyl halides is 2. The van der Waals surface area contributed by atoms with Crippen LogP contribution in [-0.2, 0) is 6.54 Å². The molecule has 8 heteroatoms. The van der Waals surface area contributed by atoms with Crippen LogP contribution < -0.4 is 10.1 Å². The molecule has 0 unspecified atom stereocenters. The van der Waals surface area contributed by atoms with Crippen LogP contribution in [0.4, 0.5) is 14.5 Å². The van der Waals surface area contributed by atoms with Gasteiger partial charge < -0.3 is 10.1 Å². The second-order valence-corrected chi connectivity index (χ2v) is 5.06. The van der Waals surface area contributed by atoms with E-state index in [1.54, 1.807) is 23.0 Å². The first-order valence-electron chi connectivity index (χ1n) is 6.99. The molecule has 0 fully saturated rings. The smallest absolute Gasteiger partial charge is 0.387 e. The summed E-state index contributed by atoms with van der Waals surface area (Å²) in [5.41, 5.74) is 4.29. The number of fused-ring (bicyclic) bond motifs is 1. The molecule has 3 rings (SSSR count). The largest absolute Gasteiger partial charge is 0.435 e. The Kier molecular flexibility index (Phi) is 4.05. The molecular formula is C15H15F2N5O. The number of halogens is 2. The van der Waals surface area contributed by atoms with E-state index in [0.717, 1.165) is 22.5 Å². The molecular weight excluding hydrogens is 304 g/mol. The van der Waals surface area contributed by atoms with Gasteiger partial charge in [-0.1, -0.05) is 12.1 Å². The third-order valence-electron chi connectivity index (χ3n) is 3.55. The monoisotopic (exact) mass is 319 g/mol. The molecule has 0 spiro atoms. The lowest BCUT2D eigenvalue weighted by Gasteiger charge is -2.12. The normalized spacial score (nSPS) is 11.2. The van der Waals surface area contributed by atoms with Crippen LogP contribution in [0, 0.1) is 13.8 Å². The van der Waals surface area contributed by atoms with Crippen molar-refractivity contribution in [3.63, 3.8) is 0 Å². The molecule has 0 aliphatic carbocycles. The van der Waals surface area contributed by atoms with Crippen LogP contribution in [0.25, 0.3) is 5.65 Å². The minimum absolute atomic E-state index is 0.138. The van der Waals surface area contributed by atoms with Gasteiger partial charge in [-0.25, -0.2) is 0 Å². The van der Waals surface area contributed by atoms with Crippen molar-refractivity contribution in [2.45, 2.75) is 27.0 Å². The van der Waals surface area contributed by atoms with Crippen molar-refractivity contribution in [1.82, 2.24) is 19.8 Å². The van der Waals surface area contributed by atoms with Gasteiger partial charge in [-0.3, -0.25) is 0 Å². The summed E-state index contributed by atoms with van der Waals surface area (Å²) in [5, 5.41) is 15.6. The first-order valence-corrected chi connectivity index (χ1v) is 6.99. The molecule has 0 bridgehead atoms. The van der Waals surface area contributed by atoms with Gasteiger partial charge in [-0.05, 0) is 37.1 Å². The highest BCUT2D eigenvalue weighted by atomic mass is 19.3. The van der Waals surface area contributed by atoms with E-state index in [1.807, 2.05) is 13.8 Å². The molecule has 6 nitrogen and oxygen atoms in total. The minimum atomic E-state index is -2.82. The summed E-state index contributed by atoms with van der Waals surface area (Å²) in [5.74, 6) is 0.138. The Balaban J connectivity index is 1.78. The van der Waals surface area contributed by atoms with Crippen molar-refractivity contribution in [3.05, 3.63) is 47.4 Å². The van der Waals surface area contributed by atoms with E-state index in [1.165, 1.54) is 12.1 Å². The molecule has 0 amide bonds. The SMILES string of the molecule is Cc1nn2cnnc2c(NCc2ccc(OC(F)F)cc2)c1C. The van der Waals surface area contributed by atoms with Crippen LogP contribution in [-0.4, -0.2) is 26.4 Å². The molecule has 2 heterocycles. The van der Waals surface area contributed by atoms with E-state index in [0.29, 0.717) is 12.2 Å². The van der Waals surface area contributed by atoms with Crippen LogP contribution in [0.2, 0.25) is 0 Å². The van der Waals surface area contributed by atoms with Crippen LogP contribution in [0.3, 0.4) is 0 Å². The molecule has 2 aromatic heterocycles. The Morgan fingerprint density at radius 3 is 2.65 bits per heavy atom. The summed E-state index contributed by atoms with van der Waals surface area (Å²) in [7, 11) is 0. The number of benzene rings is 1. The average molecular weight is 319 g/mol. The van der Waals surface area contributed by atoms with E-state index in [2.05, 4.69) is 25.3 Å². The van der Waals surface area contributed by atoms with E-state index < -0.39 is 6.61 Å². The van der Waals surface area contributed by atoms with Crippen LogP contribution in [0.1, 0.15) is 16.8 Å². The molecule has 1 N–H and O–H groups in total. The molecule has 0 saturated carbocycles. The number of nitrogens with zero attached hydrogens (tertiary/aromatic N) is 4. The molecule has 0 aliphatic heterocycles. The first kappa shape index (κ1) is 15.1. The third-order valence-corrected chi connectivity index (χ3v) is 3.55. The van der Waals surface area contributed by atoms with Crippen molar-refractivity contribution in [3.8, 4) is 5.75 Å². The zero-order chi connectivity index (χ0) is 16.4. The van der Waals surface area contributed by atoms with Gasteiger partial charge in [0.25, 0.3) is 0 Å². The molecule has 120 valence electrons. The Morgan fingerprint density at radius 1 is 1.22 bits per heavy atom. The fraction of sp³-hybridized carbons (Fsp3) is 0.267. The Hall–Kier alpha value is -2.77. The zero-order valence-corrected chi connectivity index (χ0v) is 12.6. The summed E-state index contributed by atoms with van der Waals surface area (Å²) in [6.45, 7) is 1.57. The van der Waals surface area contributed by atoms with Crippen molar-refractivity contribution < 1.29 is 13.5 Å². The summed E-state index contributed by atoms with van der Waals surface area (Å²) in [4.78, 5) is 0. The van der Waals surface area contributed by atoms with Crippen molar-refractivity contribution in [1.29, 1.82) is 0 Å². The lowest BCUT2D eigenvalue weighted by molar-refractivity contribution is -0.0498. The maximum Gasteiger partial charge on any atom is 0.387 e. The molecule has 0 radical (unpaired) electrons. The van der Waals surface area contributed by atoms with Gasteiger partial charge in [-0.15, -0.1) is 10.2 Å². The molecule has 0 aliphatic rings. The summed E-state index contributed by atoms with van der Waals surface area (Å²) < 4.78 is 30.2. The second-order valence-electron chi connectivity index (χ2n) is 5.06. The average Bonchev–Trinajstić information content (AvgIpc) is 2.96. The number of rotatable bonds is 5. The highest BCUT2D eigenvalue weighted by Gasteiger charge is 2.11. The van der Waals surface area contributed by atoms with Gasteiger partial charge in [0.2, 0.25) is 5.65 Å². The predicted molar refractivity (Wildman–Crippen MR) is 80.7 cm³/mol. The Morgan fingerprint density at radius 2 is 1.96 bits per heavy atom. The van der Waals surface area contributed by atoms with Crippen molar-refractivity contribution in [2.75, 3.05) is 5.32 Å².